The largest absolute Gasteiger partial charge is 0.408 e. The van der Waals surface area contributed by atoms with E-state index in [-0.39, 0.29) is 0 Å². The van der Waals surface area contributed by atoms with Gasteiger partial charge in [0.05, 0.1) is 30.6 Å². The number of carbonyl (C=O) groups is 1. The summed E-state index contributed by atoms with van der Waals surface area (Å²) in [7, 11) is -8.87. The zero-order valence-electron chi connectivity index (χ0n) is 17.2. The molecule has 0 bridgehead atoms. The van der Waals surface area contributed by atoms with Gasteiger partial charge in [-0.1, -0.05) is 0 Å². The highest BCUT2D eigenvalue weighted by Crippen LogP contribution is 2.64. The molecule has 0 fully saturated rings. The molecule has 162 valence electrons. The smallest absolute Gasteiger partial charge is 0.306 e. The first-order valence-corrected chi connectivity index (χ1v) is 12.2. The van der Waals surface area contributed by atoms with Crippen molar-refractivity contribution < 1.29 is 40.8 Å². The first-order valence-electron chi connectivity index (χ1n) is 8.88. The molecule has 0 aliphatic rings. The summed E-state index contributed by atoms with van der Waals surface area (Å²) >= 11 is 0. The first-order chi connectivity index (χ1) is 12.0. The lowest BCUT2D eigenvalue weighted by Gasteiger charge is -2.29. The van der Waals surface area contributed by atoms with Crippen LogP contribution in [-0.4, -0.2) is 42.0 Å². The third-order valence-corrected chi connectivity index (χ3v) is 7.33. The van der Waals surface area contributed by atoms with Crippen molar-refractivity contribution in [3.8, 4) is 0 Å². The summed E-state index contributed by atoms with van der Waals surface area (Å²) in [6.07, 6.45) is -4.13. The second-order valence-electron chi connectivity index (χ2n) is 7.16. The zero-order chi connectivity index (χ0) is 21.6. The van der Waals surface area contributed by atoms with Crippen molar-refractivity contribution in [2.75, 3.05) is 6.16 Å². The maximum Gasteiger partial charge on any atom is 0.408 e. The third kappa shape index (κ3) is 8.80. The molecule has 0 aliphatic carbocycles. The van der Waals surface area contributed by atoms with Crippen LogP contribution in [0.1, 0.15) is 61.8 Å². The lowest BCUT2D eigenvalue weighted by atomic mass is 10.3. The molecule has 0 spiro atoms. The average molecular weight is 436 g/mol. The van der Waals surface area contributed by atoms with Gasteiger partial charge in [0, 0.05) is 6.42 Å². The quantitative estimate of drug-likeness (QED) is 0.346. The molecule has 0 amide bonds. The van der Waals surface area contributed by atoms with Crippen LogP contribution in [0.15, 0.2) is 0 Å². The standard InChI is InChI=1S/C16H32F2O7P2/c1-11(2)22-26(20,23-12(3)4)10-9-15(19)16(17,18)27(21,24-13(5)6)25-14(7)8/h11-14H,9-10H2,1-8H3. The van der Waals surface area contributed by atoms with Crippen LogP contribution < -0.4 is 0 Å². The summed E-state index contributed by atoms with van der Waals surface area (Å²) in [4.78, 5) is 12.2. The zero-order valence-corrected chi connectivity index (χ0v) is 19.0. The summed E-state index contributed by atoms with van der Waals surface area (Å²) in [5.74, 6) is -1.70. The lowest BCUT2D eigenvalue weighted by molar-refractivity contribution is -0.135. The van der Waals surface area contributed by atoms with Crippen molar-refractivity contribution in [2.24, 2.45) is 0 Å². The number of Topliss-reactive ketones (excluding diaryl/α,β-unsaturated/α-hetero) is 1. The van der Waals surface area contributed by atoms with E-state index >= 15 is 0 Å². The van der Waals surface area contributed by atoms with Crippen molar-refractivity contribution in [1.29, 1.82) is 0 Å². The second-order valence-corrected chi connectivity index (χ2v) is 11.2. The van der Waals surface area contributed by atoms with E-state index in [1.165, 1.54) is 27.7 Å². The number of halogens is 2. The summed E-state index contributed by atoms with van der Waals surface area (Å²) < 4.78 is 74.7. The molecule has 0 radical (unpaired) electrons. The molecule has 0 aromatic carbocycles. The van der Waals surface area contributed by atoms with Crippen molar-refractivity contribution in [1.82, 2.24) is 0 Å². The van der Waals surface area contributed by atoms with Gasteiger partial charge in [-0.15, -0.1) is 0 Å². The van der Waals surface area contributed by atoms with E-state index in [0.717, 1.165) is 0 Å². The SMILES string of the molecule is CC(C)OP(=O)(CCC(=O)C(F)(F)P(=O)(OC(C)C)OC(C)C)OC(C)C. The van der Waals surface area contributed by atoms with Crippen LogP contribution in [0.5, 0.6) is 0 Å². The van der Waals surface area contributed by atoms with Crippen LogP contribution in [0, 0.1) is 0 Å². The van der Waals surface area contributed by atoms with Crippen molar-refractivity contribution in [2.45, 2.75) is 91.9 Å². The van der Waals surface area contributed by atoms with Gasteiger partial charge in [-0.2, -0.15) is 8.78 Å². The molecule has 0 atom stereocenters. The van der Waals surface area contributed by atoms with E-state index in [0.29, 0.717) is 0 Å². The number of rotatable bonds is 13. The Labute approximate surface area is 160 Å². The molecule has 0 aromatic rings. The van der Waals surface area contributed by atoms with E-state index < -0.39 is 63.6 Å². The molecule has 27 heavy (non-hydrogen) atoms. The molecular weight excluding hydrogens is 404 g/mol. The van der Waals surface area contributed by atoms with Gasteiger partial charge in [0.15, 0.2) is 0 Å². The van der Waals surface area contributed by atoms with Crippen LogP contribution in [0.4, 0.5) is 8.78 Å². The number of hydrogen-bond donors (Lipinski definition) is 0. The minimum absolute atomic E-state index is 0.496. The predicted molar refractivity (Wildman–Crippen MR) is 99.5 cm³/mol. The fraction of sp³-hybridized carbons (Fsp3) is 0.938. The van der Waals surface area contributed by atoms with Crippen LogP contribution in [0.3, 0.4) is 0 Å². The molecule has 7 nitrogen and oxygen atoms in total. The number of hydrogen-bond acceptors (Lipinski definition) is 7. The maximum absolute atomic E-state index is 14.7. The Hall–Kier alpha value is -0.170. The number of ketones is 1. The average Bonchev–Trinajstić information content (AvgIpc) is 2.40. The van der Waals surface area contributed by atoms with Gasteiger partial charge in [-0.05, 0) is 55.4 Å². The summed E-state index contributed by atoms with van der Waals surface area (Å²) in [5, 5.41) is 0. The van der Waals surface area contributed by atoms with Crippen LogP contribution >= 0.6 is 15.2 Å². The Bertz CT molecular complexity index is 549. The summed E-state index contributed by atoms with van der Waals surface area (Å²) in [6.45, 7) is 12.0. The molecule has 0 rings (SSSR count). The van der Waals surface area contributed by atoms with E-state index in [9.17, 15) is 22.7 Å². The Kier molecular flexibility index (Phi) is 10.5. The topological polar surface area (TPSA) is 88.1 Å². The molecule has 0 saturated carbocycles. The highest BCUT2D eigenvalue weighted by atomic mass is 31.2. The molecule has 0 aromatic heterocycles. The normalized spacial score (nSPS) is 14.0. The predicted octanol–water partition coefficient (Wildman–Crippen LogP) is 5.62. The molecule has 0 aliphatic heterocycles. The van der Waals surface area contributed by atoms with Gasteiger partial charge in [-0.25, -0.2) is 0 Å². The minimum atomic E-state index is -5.08. The van der Waals surface area contributed by atoms with Gasteiger partial charge in [0.2, 0.25) is 5.78 Å². The van der Waals surface area contributed by atoms with Gasteiger partial charge in [-0.3, -0.25) is 13.9 Å². The third-order valence-electron chi connectivity index (χ3n) is 2.73. The van der Waals surface area contributed by atoms with Crippen LogP contribution in [-0.2, 0) is 32.0 Å². The van der Waals surface area contributed by atoms with Crippen LogP contribution in [0.2, 0.25) is 0 Å². The number of carbonyl (C=O) groups excluding carboxylic acids is 1. The molecule has 0 saturated heterocycles. The highest BCUT2D eigenvalue weighted by Gasteiger charge is 2.60. The van der Waals surface area contributed by atoms with Crippen molar-refractivity contribution >= 4 is 21.0 Å². The minimum Gasteiger partial charge on any atom is -0.306 e. The van der Waals surface area contributed by atoms with E-state index in [1.807, 2.05) is 0 Å². The first kappa shape index (κ1) is 26.8. The molecule has 0 heterocycles. The number of alkyl halides is 2. The van der Waals surface area contributed by atoms with E-state index in [1.54, 1.807) is 27.7 Å². The van der Waals surface area contributed by atoms with Crippen molar-refractivity contribution in [3.05, 3.63) is 0 Å². The van der Waals surface area contributed by atoms with Crippen LogP contribution in [0.25, 0.3) is 0 Å². The molecule has 0 unspecified atom stereocenters. The summed E-state index contributed by atoms with van der Waals surface area (Å²) in [6, 6.07) is 0. The Morgan fingerprint density at radius 2 is 1.11 bits per heavy atom. The maximum atomic E-state index is 14.7. The van der Waals surface area contributed by atoms with Gasteiger partial charge in [0.25, 0.3) is 0 Å². The lowest BCUT2D eigenvalue weighted by Crippen LogP contribution is -2.33. The Morgan fingerprint density at radius 1 is 0.778 bits per heavy atom. The van der Waals surface area contributed by atoms with E-state index in [2.05, 4.69) is 0 Å². The highest BCUT2D eigenvalue weighted by molar-refractivity contribution is 7.56. The molecule has 11 heteroatoms. The molecular formula is C16H32F2O7P2. The van der Waals surface area contributed by atoms with E-state index in [4.69, 9.17) is 18.1 Å². The molecule has 0 N–H and O–H groups in total. The second kappa shape index (κ2) is 10.6. The summed E-state index contributed by atoms with van der Waals surface area (Å²) in [5.41, 5.74) is -4.39. The van der Waals surface area contributed by atoms with Gasteiger partial charge < -0.3 is 18.1 Å². The van der Waals surface area contributed by atoms with Gasteiger partial charge in [0.1, 0.15) is 0 Å². The fourth-order valence-electron chi connectivity index (χ4n) is 2.03. The monoisotopic (exact) mass is 436 g/mol. The Morgan fingerprint density at radius 3 is 1.41 bits per heavy atom. The van der Waals surface area contributed by atoms with Crippen molar-refractivity contribution in [3.63, 3.8) is 0 Å². The fourth-order valence-corrected chi connectivity index (χ4v) is 5.89. The van der Waals surface area contributed by atoms with Gasteiger partial charge >= 0.3 is 20.9 Å². The Balaban J connectivity index is 5.47.